The number of aryl methyl sites for hydroxylation is 1. The number of benzene rings is 1. The molecular formula is C26H28N4. The second-order valence-electron chi connectivity index (χ2n) is 7.79. The zero-order valence-corrected chi connectivity index (χ0v) is 17.7. The summed E-state index contributed by atoms with van der Waals surface area (Å²) in [7, 11) is 0. The van der Waals surface area contributed by atoms with Gasteiger partial charge >= 0.3 is 0 Å². The Morgan fingerprint density at radius 3 is 2.63 bits per heavy atom. The number of nitrogens with zero attached hydrogens (tertiary/aromatic N) is 2. The monoisotopic (exact) mass is 396 g/mol. The summed E-state index contributed by atoms with van der Waals surface area (Å²) in [5.41, 5.74) is 7.70. The molecule has 4 nitrogen and oxygen atoms in total. The molecule has 1 saturated carbocycles. The summed E-state index contributed by atoms with van der Waals surface area (Å²) in [6.45, 7) is 8.39. The van der Waals surface area contributed by atoms with Crippen LogP contribution in [-0.4, -0.2) is 9.97 Å². The van der Waals surface area contributed by atoms with Crippen LogP contribution in [0.15, 0.2) is 79.4 Å². The largest absolute Gasteiger partial charge is 0.354 e. The van der Waals surface area contributed by atoms with E-state index in [-0.39, 0.29) is 0 Å². The maximum Gasteiger partial charge on any atom is 0.130 e. The van der Waals surface area contributed by atoms with E-state index < -0.39 is 0 Å². The van der Waals surface area contributed by atoms with Crippen LogP contribution in [0.1, 0.15) is 37.3 Å². The van der Waals surface area contributed by atoms with Crippen LogP contribution < -0.4 is 10.6 Å². The Hall–Kier alpha value is -3.40. The Morgan fingerprint density at radius 2 is 1.90 bits per heavy atom. The van der Waals surface area contributed by atoms with E-state index in [0.717, 1.165) is 40.4 Å². The van der Waals surface area contributed by atoms with Gasteiger partial charge in [-0.05, 0) is 55.9 Å². The third kappa shape index (κ3) is 4.77. The minimum absolute atomic E-state index is 0.590. The lowest BCUT2D eigenvalue weighted by Crippen LogP contribution is -2.05. The zero-order valence-electron chi connectivity index (χ0n) is 17.7. The van der Waals surface area contributed by atoms with Crippen molar-refractivity contribution in [3.05, 3.63) is 90.5 Å². The summed E-state index contributed by atoms with van der Waals surface area (Å²) >= 11 is 0. The number of rotatable bonds is 8. The first-order valence-electron chi connectivity index (χ1n) is 10.5. The van der Waals surface area contributed by atoms with E-state index in [1.54, 1.807) is 0 Å². The minimum Gasteiger partial charge on any atom is -0.354 e. The molecule has 2 aromatic heterocycles. The number of pyridine rings is 2. The normalized spacial score (nSPS) is 13.7. The van der Waals surface area contributed by atoms with Crippen LogP contribution in [0.2, 0.25) is 0 Å². The average Bonchev–Trinajstić information content (AvgIpc) is 3.60. The van der Waals surface area contributed by atoms with Crippen molar-refractivity contribution in [3.63, 3.8) is 0 Å². The molecule has 0 spiro atoms. The van der Waals surface area contributed by atoms with Gasteiger partial charge in [0.25, 0.3) is 0 Å². The molecule has 1 aliphatic carbocycles. The maximum absolute atomic E-state index is 4.47. The van der Waals surface area contributed by atoms with Gasteiger partial charge in [0.1, 0.15) is 5.82 Å². The number of nitrogens with one attached hydrogen (secondary N) is 2. The molecule has 2 N–H and O–H groups in total. The number of anilines is 2. The quantitative estimate of drug-likeness (QED) is 0.447. The molecule has 0 radical (unpaired) electrons. The molecule has 0 atom stereocenters. The van der Waals surface area contributed by atoms with Gasteiger partial charge in [0, 0.05) is 34.9 Å². The molecule has 3 aromatic rings. The first-order valence-corrected chi connectivity index (χ1v) is 10.5. The highest BCUT2D eigenvalue weighted by molar-refractivity contribution is 5.86. The highest BCUT2D eigenvalue weighted by atomic mass is 15.0. The van der Waals surface area contributed by atoms with E-state index in [4.69, 9.17) is 0 Å². The number of aromatic nitrogens is 2. The molecule has 4 rings (SSSR count). The second kappa shape index (κ2) is 8.95. The van der Waals surface area contributed by atoms with Gasteiger partial charge in [-0.2, -0.15) is 0 Å². The molecule has 152 valence electrons. The summed E-state index contributed by atoms with van der Waals surface area (Å²) in [5, 5.41) is 6.99. The number of allylic oxidation sites excluding steroid dienone is 2. The van der Waals surface area contributed by atoms with E-state index in [9.17, 15) is 0 Å². The van der Waals surface area contributed by atoms with Gasteiger partial charge in [-0.1, -0.05) is 49.4 Å². The van der Waals surface area contributed by atoms with E-state index >= 15 is 0 Å². The fourth-order valence-electron chi connectivity index (χ4n) is 3.43. The van der Waals surface area contributed by atoms with Crippen molar-refractivity contribution in [2.45, 2.75) is 33.1 Å². The molecular weight excluding hydrogens is 368 g/mol. The summed E-state index contributed by atoms with van der Waals surface area (Å²) < 4.78 is 0. The molecule has 0 saturated heterocycles. The van der Waals surface area contributed by atoms with Crippen molar-refractivity contribution in [3.8, 4) is 11.1 Å². The SMILES string of the molecule is C=C(Nc1cc(/C(=C\CC)Nc2cnccc2-c2ccc(C)cc2)ccn1)C1CC1. The Balaban J connectivity index is 1.62. The first-order chi connectivity index (χ1) is 14.6. The van der Waals surface area contributed by atoms with Gasteiger partial charge in [0.05, 0.1) is 11.9 Å². The van der Waals surface area contributed by atoms with Crippen LogP contribution in [-0.2, 0) is 0 Å². The molecule has 1 fully saturated rings. The third-order valence-electron chi connectivity index (χ3n) is 5.29. The first kappa shape index (κ1) is 19.9. The summed E-state index contributed by atoms with van der Waals surface area (Å²) in [5.74, 6) is 1.42. The van der Waals surface area contributed by atoms with Crippen LogP contribution in [0.3, 0.4) is 0 Å². The number of hydrogen-bond acceptors (Lipinski definition) is 4. The summed E-state index contributed by atoms with van der Waals surface area (Å²) in [4.78, 5) is 8.83. The minimum atomic E-state index is 0.590. The summed E-state index contributed by atoms with van der Waals surface area (Å²) in [6.07, 6.45) is 11.1. The van der Waals surface area contributed by atoms with Crippen molar-refractivity contribution >= 4 is 17.2 Å². The van der Waals surface area contributed by atoms with Crippen LogP contribution in [0.4, 0.5) is 11.5 Å². The molecule has 0 bridgehead atoms. The maximum atomic E-state index is 4.47. The van der Waals surface area contributed by atoms with E-state index in [1.165, 1.54) is 24.0 Å². The Kier molecular flexibility index (Phi) is 5.94. The smallest absolute Gasteiger partial charge is 0.130 e. The molecule has 1 aliphatic rings. The van der Waals surface area contributed by atoms with Crippen LogP contribution in [0.5, 0.6) is 0 Å². The highest BCUT2D eigenvalue weighted by Crippen LogP contribution is 2.36. The average molecular weight is 397 g/mol. The van der Waals surface area contributed by atoms with Crippen molar-refractivity contribution in [1.29, 1.82) is 0 Å². The lowest BCUT2D eigenvalue weighted by Gasteiger charge is -2.16. The molecule has 0 unspecified atom stereocenters. The van der Waals surface area contributed by atoms with Gasteiger partial charge in [-0.15, -0.1) is 0 Å². The van der Waals surface area contributed by atoms with Gasteiger partial charge in [-0.3, -0.25) is 4.98 Å². The summed E-state index contributed by atoms with van der Waals surface area (Å²) in [6, 6.07) is 14.7. The van der Waals surface area contributed by atoms with Crippen LogP contribution >= 0.6 is 0 Å². The fraction of sp³-hybridized carbons (Fsp3) is 0.231. The fourth-order valence-corrected chi connectivity index (χ4v) is 3.43. The lowest BCUT2D eigenvalue weighted by atomic mass is 10.0. The van der Waals surface area contributed by atoms with E-state index in [2.05, 4.69) is 83.5 Å². The molecule has 4 heteroatoms. The Bertz CT molecular complexity index is 1060. The molecule has 0 amide bonds. The standard InChI is InChI=1S/C26H28N4/c1-4-5-24(22-12-15-28-26(16-22)29-19(3)20-10-11-20)30-25-17-27-14-13-23(25)21-8-6-18(2)7-9-21/h5-9,12-17,20,30H,3-4,10-11H2,1-2H3,(H,28,29)/b24-5+. The Morgan fingerprint density at radius 1 is 1.10 bits per heavy atom. The predicted octanol–water partition coefficient (Wildman–Crippen LogP) is 6.65. The van der Waals surface area contributed by atoms with Gasteiger partial charge in [-0.25, -0.2) is 4.98 Å². The molecule has 0 aliphatic heterocycles. The predicted molar refractivity (Wildman–Crippen MR) is 126 cm³/mol. The van der Waals surface area contributed by atoms with Crippen molar-refractivity contribution in [2.75, 3.05) is 10.6 Å². The highest BCUT2D eigenvalue weighted by Gasteiger charge is 2.24. The number of hydrogen-bond donors (Lipinski definition) is 2. The lowest BCUT2D eigenvalue weighted by molar-refractivity contribution is 1.01. The molecule has 1 aromatic carbocycles. The van der Waals surface area contributed by atoms with Crippen molar-refractivity contribution in [1.82, 2.24) is 9.97 Å². The van der Waals surface area contributed by atoms with Crippen molar-refractivity contribution < 1.29 is 0 Å². The van der Waals surface area contributed by atoms with Crippen molar-refractivity contribution in [2.24, 2.45) is 5.92 Å². The third-order valence-corrected chi connectivity index (χ3v) is 5.29. The Labute approximate surface area is 178 Å². The van der Waals surface area contributed by atoms with Gasteiger partial charge in [0.15, 0.2) is 0 Å². The second-order valence-corrected chi connectivity index (χ2v) is 7.79. The van der Waals surface area contributed by atoms with Gasteiger partial charge in [0.2, 0.25) is 0 Å². The van der Waals surface area contributed by atoms with Gasteiger partial charge < -0.3 is 10.6 Å². The van der Waals surface area contributed by atoms with E-state index in [1.807, 2.05) is 24.7 Å². The molecule has 30 heavy (non-hydrogen) atoms. The topological polar surface area (TPSA) is 49.8 Å². The zero-order chi connectivity index (χ0) is 20.9. The molecule has 2 heterocycles. The van der Waals surface area contributed by atoms with Crippen LogP contribution in [0, 0.1) is 12.8 Å². The van der Waals surface area contributed by atoms with E-state index in [0.29, 0.717) is 5.92 Å². The van der Waals surface area contributed by atoms with Crippen LogP contribution in [0.25, 0.3) is 16.8 Å².